The number of hydrogen-bond acceptors (Lipinski definition) is 5. The van der Waals surface area contributed by atoms with Crippen LogP contribution in [0, 0.1) is 22.0 Å². The van der Waals surface area contributed by atoms with Crippen LogP contribution < -0.4 is 5.32 Å². The van der Waals surface area contributed by atoms with E-state index in [-0.39, 0.29) is 29.9 Å². The molecule has 8 heteroatoms. The lowest BCUT2D eigenvalue weighted by atomic mass is 9.78. The van der Waals surface area contributed by atoms with Crippen molar-refractivity contribution in [3.8, 4) is 0 Å². The molecule has 3 rings (SSSR count). The Morgan fingerprint density at radius 3 is 2.96 bits per heavy atom. The quantitative estimate of drug-likeness (QED) is 0.662. The molecule has 0 saturated heterocycles. The van der Waals surface area contributed by atoms with Crippen molar-refractivity contribution in [1.82, 2.24) is 15.1 Å². The van der Waals surface area contributed by atoms with E-state index >= 15 is 0 Å². The molecule has 0 aliphatic heterocycles. The molecule has 2 aromatic rings. The third-order valence-electron chi connectivity index (χ3n) is 5.06. The van der Waals surface area contributed by atoms with Gasteiger partial charge in [0.1, 0.15) is 18.2 Å². The maximum atomic E-state index is 12.4. The van der Waals surface area contributed by atoms with Gasteiger partial charge in [-0.2, -0.15) is 5.10 Å². The molecule has 3 atom stereocenters. The summed E-state index contributed by atoms with van der Waals surface area (Å²) in [7, 11) is 0. The van der Waals surface area contributed by atoms with Crippen LogP contribution in [0.25, 0.3) is 0 Å². The number of carbonyl (C=O) groups excluding carboxylic acids is 1. The summed E-state index contributed by atoms with van der Waals surface area (Å²) in [5, 5.41) is 17.7. The summed E-state index contributed by atoms with van der Waals surface area (Å²) in [6.45, 7) is 4.63. The van der Waals surface area contributed by atoms with Crippen LogP contribution in [0.3, 0.4) is 0 Å². The fraction of sp³-hybridized carbons (Fsp3) is 0.529. The predicted octanol–water partition coefficient (Wildman–Crippen LogP) is 2.99. The highest BCUT2D eigenvalue weighted by Crippen LogP contribution is 2.29. The van der Waals surface area contributed by atoms with Crippen LogP contribution in [0.15, 0.2) is 28.9 Å². The van der Waals surface area contributed by atoms with E-state index in [9.17, 15) is 14.9 Å². The summed E-state index contributed by atoms with van der Waals surface area (Å²) in [6, 6.07) is 3.48. The highest BCUT2D eigenvalue weighted by molar-refractivity contribution is 5.91. The fourth-order valence-electron chi connectivity index (χ4n) is 3.30. The normalized spacial score (nSPS) is 23.4. The predicted molar refractivity (Wildman–Crippen MR) is 90.1 cm³/mol. The fourth-order valence-corrected chi connectivity index (χ4v) is 3.30. The standard InChI is InChI=1S/C17H22N4O4/c1-11-4-3-5-15(12(11)2)19-17(22)16-7-6-14(25-16)10-20-9-13(8-18-20)21(23)24/h6-9,11-12,15H,3-5,10H2,1-2H3,(H,19,22)/t11-,12+,15+/m1/s1. The molecule has 1 aliphatic carbocycles. The van der Waals surface area contributed by atoms with Crippen LogP contribution in [-0.2, 0) is 6.54 Å². The largest absolute Gasteiger partial charge is 0.454 e. The van der Waals surface area contributed by atoms with Gasteiger partial charge in [0.2, 0.25) is 0 Å². The molecule has 134 valence electrons. The first-order valence-electron chi connectivity index (χ1n) is 8.50. The summed E-state index contributed by atoms with van der Waals surface area (Å²) in [4.78, 5) is 22.6. The van der Waals surface area contributed by atoms with Crippen LogP contribution in [-0.4, -0.2) is 26.7 Å². The number of furan rings is 1. The molecule has 8 nitrogen and oxygen atoms in total. The van der Waals surface area contributed by atoms with E-state index in [0.717, 1.165) is 12.8 Å². The van der Waals surface area contributed by atoms with E-state index in [1.54, 1.807) is 12.1 Å². The zero-order chi connectivity index (χ0) is 18.0. The average Bonchev–Trinajstić information content (AvgIpc) is 3.22. The monoisotopic (exact) mass is 346 g/mol. The van der Waals surface area contributed by atoms with Crippen molar-refractivity contribution in [2.75, 3.05) is 0 Å². The number of nitro groups is 1. The summed E-state index contributed by atoms with van der Waals surface area (Å²) in [5.74, 6) is 1.59. The molecule has 0 spiro atoms. The molecule has 0 radical (unpaired) electrons. The molecular weight excluding hydrogens is 324 g/mol. The van der Waals surface area contributed by atoms with E-state index in [0.29, 0.717) is 17.6 Å². The molecule has 1 saturated carbocycles. The zero-order valence-corrected chi connectivity index (χ0v) is 14.3. The molecule has 25 heavy (non-hydrogen) atoms. The Morgan fingerprint density at radius 1 is 1.44 bits per heavy atom. The maximum absolute atomic E-state index is 12.4. The smallest absolute Gasteiger partial charge is 0.307 e. The summed E-state index contributed by atoms with van der Waals surface area (Å²) in [6.07, 6.45) is 5.82. The molecule has 1 amide bonds. The first-order valence-corrected chi connectivity index (χ1v) is 8.50. The molecule has 2 heterocycles. The van der Waals surface area contributed by atoms with E-state index < -0.39 is 4.92 Å². The molecule has 1 aliphatic rings. The first kappa shape index (κ1) is 17.2. The Kier molecular flexibility index (Phi) is 4.87. The number of rotatable bonds is 5. The second-order valence-electron chi connectivity index (χ2n) is 6.77. The van der Waals surface area contributed by atoms with Gasteiger partial charge in [0, 0.05) is 6.04 Å². The number of amides is 1. The Morgan fingerprint density at radius 2 is 2.24 bits per heavy atom. The first-order chi connectivity index (χ1) is 11.9. The molecule has 1 fully saturated rings. The van der Waals surface area contributed by atoms with Gasteiger partial charge < -0.3 is 9.73 Å². The second-order valence-corrected chi connectivity index (χ2v) is 6.77. The third-order valence-corrected chi connectivity index (χ3v) is 5.06. The van der Waals surface area contributed by atoms with Gasteiger partial charge in [-0.05, 0) is 30.4 Å². The molecule has 0 bridgehead atoms. The van der Waals surface area contributed by atoms with Crippen LogP contribution in [0.5, 0.6) is 0 Å². The number of nitrogens with one attached hydrogen (secondary N) is 1. The minimum Gasteiger partial charge on any atom is -0.454 e. The Labute approximate surface area is 145 Å². The van der Waals surface area contributed by atoms with E-state index in [1.807, 2.05) is 0 Å². The molecule has 0 unspecified atom stereocenters. The van der Waals surface area contributed by atoms with E-state index in [1.165, 1.54) is 23.5 Å². The van der Waals surface area contributed by atoms with Gasteiger partial charge in [-0.1, -0.05) is 26.7 Å². The van der Waals surface area contributed by atoms with Crippen molar-refractivity contribution >= 4 is 11.6 Å². The summed E-state index contributed by atoms with van der Waals surface area (Å²) < 4.78 is 6.99. The lowest BCUT2D eigenvalue weighted by molar-refractivity contribution is -0.385. The van der Waals surface area contributed by atoms with Gasteiger partial charge in [0.05, 0.1) is 11.5 Å². The van der Waals surface area contributed by atoms with Gasteiger partial charge >= 0.3 is 5.69 Å². The van der Waals surface area contributed by atoms with Crippen molar-refractivity contribution < 1.29 is 14.1 Å². The van der Waals surface area contributed by atoms with Crippen molar-refractivity contribution in [1.29, 1.82) is 0 Å². The summed E-state index contributed by atoms with van der Waals surface area (Å²) in [5.41, 5.74) is -0.0788. The van der Waals surface area contributed by atoms with Crippen molar-refractivity contribution in [3.05, 3.63) is 46.2 Å². The molecular formula is C17H22N4O4. The number of nitrogens with zero attached hydrogens (tertiary/aromatic N) is 3. The third kappa shape index (κ3) is 3.89. The molecule has 2 aromatic heterocycles. The van der Waals surface area contributed by atoms with Crippen LogP contribution in [0.1, 0.15) is 49.4 Å². The minimum atomic E-state index is -0.503. The average molecular weight is 346 g/mol. The zero-order valence-electron chi connectivity index (χ0n) is 14.3. The van der Waals surface area contributed by atoms with Gasteiger partial charge in [-0.25, -0.2) is 0 Å². The Hall–Kier alpha value is -2.64. The van der Waals surface area contributed by atoms with Crippen molar-refractivity contribution in [3.63, 3.8) is 0 Å². The lowest BCUT2D eigenvalue weighted by Gasteiger charge is -2.34. The van der Waals surface area contributed by atoms with Crippen LogP contribution in [0.2, 0.25) is 0 Å². The van der Waals surface area contributed by atoms with Crippen LogP contribution >= 0.6 is 0 Å². The number of aromatic nitrogens is 2. The van der Waals surface area contributed by atoms with Gasteiger partial charge in [0.25, 0.3) is 5.91 Å². The van der Waals surface area contributed by atoms with Crippen molar-refractivity contribution in [2.45, 2.75) is 45.7 Å². The van der Waals surface area contributed by atoms with Gasteiger partial charge in [0.15, 0.2) is 5.76 Å². The lowest BCUT2D eigenvalue weighted by Crippen LogP contribution is -2.43. The highest BCUT2D eigenvalue weighted by Gasteiger charge is 2.29. The summed E-state index contributed by atoms with van der Waals surface area (Å²) >= 11 is 0. The Balaban J connectivity index is 1.62. The maximum Gasteiger partial charge on any atom is 0.307 e. The van der Waals surface area contributed by atoms with E-state index in [2.05, 4.69) is 24.3 Å². The van der Waals surface area contributed by atoms with Gasteiger partial charge in [-0.3, -0.25) is 19.6 Å². The minimum absolute atomic E-state index is 0.0788. The van der Waals surface area contributed by atoms with Crippen LogP contribution in [0.4, 0.5) is 5.69 Å². The highest BCUT2D eigenvalue weighted by atomic mass is 16.6. The number of carbonyl (C=O) groups is 1. The Bertz CT molecular complexity index is 766. The topological polar surface area (TPSA) is 103 Å². The second kappa shape index (κ2) is 7.08. The van der Waals surface area contributed by atoms with Gasteiger partial charge in [-0.15, -0.1) is 0 Å². The molecule has 0 aromatic carbocycles. The van der Waals surface area contributed by atoms with Crippen molar-refractivity contribution in [2.24, 2.45) is 11.8 Å². The SMILES string of the molecule is C[C@H]1[C@H](C)CCC[C@@H]1NC(=O)c1ccc(Cn2cc([N+](=O)[O-])cn2)o1. The number of hydrogen-bond donors (Lipinski definition) is 1. The molecule has 1 N–H and O–H groups in total. The van der Waals surface area contributed by atoms with E-state index in [4.69, 9.17) is 4.42 Å².